The average Bonchev–Trinajstić information content (AvgIpc) is 2.34. The van der Waals surface area contributed by atoms with Gasteiger partial charge in [0.25, 0.3) is 0 Å². The molecule has 18 heavy (non-hydrogen) atoms. The van der Waals surface area contributed by atoms with Crippen LogP contribution in [-0.4, -0.2) is 42.1 Å². The molecule has 2 heterocycles. The van der Waals surface area contributed by atoms with Crippen molar-refractivity contribution in [3.8, 4) is 5.75 Å². The van der Waals surface area contributed by atoms with Crippen LogP contribution < -0.4 is 4.74 Å². The van der Waals surface area contributed by atoms with Crippen molar-refractivity contribution >= 4 is 22.5 Å². The van der Waals surface area contributed by atoms with Crippen LogP contribution in [0, 0.1) is 0 Å². The van der Waals surface area contributed by atoms with Gasteiger partial charge in [0.05, 0.1) is 12.6 Å². The maximum Gasteiger partial charge on any atom is 0.140 e. The molecule has 0 radical (unpaired) electrons. The van der Waals surface area contributed by atoms with Crippen LogP contribution in [0.2, 0.25) is 5.15 Å². The Morgan fingerprint density at radius 2 is 2.11 bits per heavy atom. The number of aromatic nitrogens is 2. The molecule has 0 amide bonds. The Kier molecular flexibility index (Phi) is 2.84. The first kappa shape index (κ1) is 11.7. The number of methoxy groups -OCH3 is 1. The third kappa shape index (κ3) is 1.82. The number of rotatable bonds is 2. The highest BCUT2D eigenvalue weighted by Gasteiger charge is 2.28. The second-order valence-electron chi connectivity index (χ2n) is 4.69. The van der Waals surface area contributed by atoms with Gasteiger partial charge in [0, 0.05) is 36.0 Å². The second kappa shape index (κ2) is 4.37. The van der Waals surface area contributed by atoms with Crippen molar-refractivity contribution in [2.75, 3.05) is 27.2 Å². The summed E-state index contributed by atoms with van der Waals surface area (Å²) in [7, 11) is 3.80. The van der Waals surface area contributed by atoms with Gasteiger partial charge in [0.2, 0.25) is 0 Å². The number of likely N-dealkylation sites (N-methyl/N-ethyl adjacent to an activating group) is 1. The van der Waals surface area contributed by atoms with Crippen LogP contribution in [0.25, 0.3) is 10.9 Å². The summed E-state index contributed by atoms with van der Waals surface area (Å²) < 4.78 is 5.46. The smallest absolute Gasteiger partial charge is 0.140 e. The highest BCUT2D eigenvalue weighted by atomic mass is 35.5. The van der Waals surface area contributed by atoms with E-state index in [4.69, 9.17) is 16.3 Å². The van der Waals surface area contributed by atoms with Crippen LogP contribution in [-0.2, 0) is 0 Å². The van der Waals surface area contributed by atoms with Gasteiger partial charge in [-0.1, -0.05) is 11.6 Å². The normalized spacial score (nSPS) is 16.8. The molecule has 1 aromatic heterocycles. The lowest BCUT2D eigenvalue weighted by atomic mass is 9.90. The van der Waals surface area contributed by atoms with E-state index in [1.54, 1.807) is 7.11 Å². The van der Waals surface area contributed by atoms with E-state index in [-0.39, 0.29) is 0 Å². The van der Waals surface area contributed by atoms with Crippen molar-refractivity contribution in [1.29, 1.82) is 0 Å². The Hall–Kier alpha value is -1.39. The molecule has 1 aromatic carbocycles. The number of benzene rings is 1. The lowest BCUT2D eigenvalue weighted by molar-refractivity contribution is 0.187. The molecule has 0 spiro atoms. The highest BCUT2D eigenvalue weighted by Crippen LogP contribution is 2.36. The Morgan fingerprint density at radius 3 is 2.78 bits per heavy atom. The van der Waals surface area contributed by atoms with Gasteiger partial charge in [0.1, 0.15) is 17.2 Å². The minimum Gasteiger partial charge on any atom is -0.496 e. The zero-order chi connectivity index (χ0) is 12.7. The maximum absolute atomic E-state index is 6.12. The van der Waals surface area contributed by atoms with E-state index in [9.17, 15) is 0 Å². The minimum absolute atomic E-state index is 0.497. The first-order chi connectivity index (χ1) is 8.69. The van der Waals surface area contributed by atoms with Gasteiger partial charge in [-0.3, -0.25) is 0 Å². The highest BCUT2D eigenvalue weighted by molar-refractivity contribution is 6.34. The fourth-order valence-electron chi connectivity index (χ4n) is 2.46. The number of nitrogens with zero attached hydrogens (tertiary/aromatic N) is 3. The fraction of sp³-hybridized carbons (Fsp3) is 0.385. The largest absolute Gasteiger partial charge is 0.496 e. The molecule has 1 aliphatic rings. The molecule has 0 aliphatic carbocycles. The Morgan fingerprint density at radius 1 is 1.33 bits per heavy atom. The molecule has 5 heteroatoms. The summed E-state index contributed by atoms with van der Waals surface area (Å²) in [6.45, 7) is 2.10. The standard InChI is InChI=1S/C13H14ClN3O/c1-17-5-8(6-17)9-3-10-11(4-12(9)18-2)15-7-16-13(10)14/h3-4,7-8H,5-6H2,1-2H3. The molecule has 1 fully saturated rings. The van der Waals surface area contributed by atoms with Crippen LogP contribution in [0.3, 0.4) is 0 Å². The van der Waals surface area contributed by atoms with Gasteiger partial charge < -0.3 is 9.64 Å². The summed E-state index contributed by atoms with van der Waals surface area (Å²) in [5, 5.41) is 1.39. The zero-order valence-corrected chi connectivity index (χ0v) is 11.1. The topological polar surface area (TPSA) is 38.3 Å². The molecule has 0 N–H and O–H groups in total. The predicted octanol–water partition coefficient (Wildman–Crippen LogP) is 2.32. The fourth-order valence-corrected chi connectivity index (χ4v) is 2.66. The first-order valence-electron chi connectivity index (χ1n) is 5.85. The molecule has 0 bridgehead atoms. The molecule has 94 valence electrons. The molecule has 1 aliphatic heterocycles. The molecule has 0 unspecified atom stereocenters. The van der Waals surface area contributed by atoms with Crippen molar-refractivity contribution in [2.45, 2.75) is 5.92 Å². The van der Waals surface area contributed by atoms with E-state index in [2.05, 4.69) is 28.0 Å². The van der Waals surface area contributed by atoms with Crippen molar-refractivity contribution in [3.05, 3.63) is 29.2 Å². The van der Waals surface area contributed by atoms with Gasteiger partial charge in [-0.25, -0.2) is 9.97 Å². The zero-order valence-electron chi connectivity index (χ0n) is 10.4. The minimum atomic E-state index is 0.497. The SMILES string of the molecule is COc1cc2ncnc(Cl)c2cc1C1CN(C)C1. The molecular formula is C13H14ClN3O. The molecule has 0 atom stereocenters. The number of likely N-dealkylation sites (tertiary alicyclic amines) is 1. The average molecular weight is 264 g/mol. The second-order valence-corrected chi connectivity index (χ2v) is 5.05. The predicted molar refractivity (Wildman–Crippen MR) is 71.3 cm³/mol. The van der Waals surface area contributed by atoms with Crippen LogP contribution in [0.1, 0.15) is 11.5 Å². The van der Waals surface area contributed by atoms with Gasteiger partial charge in [0.15, 0.2) is 0 Å². The van der Waals surface area contributed by atoms with Crippen molar-refractivity contribution in [2.24, 2.45) is 0 Å². The van der Waals surface area contributed by atoms with Crippen molar-refractivity contribution in [3.63, 3.8) is 0 Å². The summed E-state index contributed by atoms with van der Waals surface area (Å²) >= 11 is 6.12. The van der Waals surface area contributed by atoms with Crippen molar-refractivity contribution < 1.29 is 4.74 Å². The molecule has 3 rings (SSSR count). The molecular weight excluding hydrogens is 250 g/mol. The van der Waals surface area contributed by atoms with Crippen LogP contribution in [0.4, 0.5) is 0 Å². The van der Waals surface area contributed by atoms with E-state index < -0.39 is 0 Å². The summed E-state index contributed by atoms with van der Waals surface area (Å²) in [4.78, 5) is 10.5. The van der Waals surface area contributed by atoms with E-state index in [1.807, 2.05) is 6.07 Å². The summed E-state index contributed by atoms with van der Waals surface area (Å²) in [6, 6.07) is 4.00. The van der Waals surface area contributed by atoms with Gasteiger partial charge in [-0.15, -0.1) is 0 Å². The van der Waals surface area contributed by atoms with E-state index in [1.165, 1.54) is 11.9 Å². The third-order valence-corrected chi connectivity index (χ3v) is 3.74. The Labute approximate surface area is 111 Å². The van der Waals surface area contributed by atoms with Gasteiger partial charge >= 0.3 is 0 Å². The molecule has 4 nitrogen and oxygen atoms in total. The van der Waals surface area contributed by atoms with E-state index >= 15 is 0 Å². The lowest BCUT2D eigenvalue weighted by Gasteiger charge is -2.37. The van der Waals surface area contributed by atoms with Crippen LogP contribution in [0.5, 0.6) is 5.75 Å². The monoisotopic (exact) mass is 263 g/mol. The van der Waals surface area contributed by atoms with Crippen molar-refractivity contribution in [1.82, 2.24) is 14.9 Å². The summed E-state index contributed by atoms with van der Waals surface area (Å²) in [5.74, 6) is 1.39. The Balaban J connectivity index is 2.14. The number of ether oxygens (including phenoxy) is 1. The van der Waals surface area contributed by atoms with Crippen LogP contribution >= 0.6 is 11.6 Å². The van der Waals surface area contributed by atoms with Gasteiger partial charge in [-0.2, -0.15) is 0 Å². The molecule has 0 saturated carbocycles. The number of hydrogen-bond acceptors (Lipinski definition) is 4. The number of fused-ring (bicyclic) bond motifs is 1. The first-order valence-corrected chi connectivity index (χ1v) is 6.23. The van der Waals surface area contributed by atoms with Crippen LogP contribution in [0.15, 0.2) is 18.5 Å². The van der Waals surface area contributed by atoms with E-state index in [0.29, 0.717) is 11.1 Å². The summed E-state index contributed by atoms with van der Waals surface area (Å²) in [6.07, 6.45) is 1.47. The molecule has 2 aromatic rings. The maximum atomic E-state index is 6.12. The van der Waals surface area contributed by atoms with E-state index in [0.717, 1.165) is 29.7 Å². The lowest BCUT2D eigenvalue weighted by Crippen LogP contribution is -2.41. The number of hydrogen-bond donors (Lipinski definition) is 0. The summed E-state index contributed by atoms with van der Waals surface area (Å²) in [5.41, 5.74) is 2.02. The quantitative estimate of drug-likeness (QED) is 0.780. The van der Waals surface area contributed by atoms with Gasteiger partial charge in [-0.05, 0) is 13.1 Å². The Bertz CT molecular complexity index is 596. The number of halogens is 1. The third-order valence-electron chi connectivity index (χ3n) is 3.44. The molecule has 1 saturated heterocycles.